The minimum atomic E-state index is -3.81. The van der Waals surface area contributed by atoms with Gasteiger partial charge in [-0.05, 0) is 85.9 Å². The summed E-state index contributed by atoms with van der Waals surface area (Å²) in [6.45, 7) is 5.98. The molecular weight excluding hydrogens is 938 g/mol. The molecule has 0 unspecified atom stereocenters. The number of hydrogen-bond acceptors (Lipinski definition) is 3. The van der Waals surface area contributed by atoms with E-state index in [2.05, 4.69) is 101 Å². The van der Waals surface area contributed by atoms with Crippen LogP contribution in [0, 0.1) is 11.5 Å². The van der Waals surface area contributed by atoms with Crippen LogP contribution in [0.1, 0.15) is 110 Å². The first-order valence-electron chi connectivity index (χ1n) is 26.9. The number of aromatic hydroxyl groups is 1. The van der Waals surface area contributed by atoms with Gasteiger partial charge in [0.25, 0.3) is 0 Å². The minimum absolute atomic E-state index is 0. The van der Waals surface area contributed by atoms with Crippen LogP contribution in [0.5, 0.6) is 5.75 Å². The van der Waals surface area contributed by atoms with Crippen LogP contribution in [0.3, 0.4) is 0 Å². The molecule has 0 aliphatic heterocycles. The summed E-state index contributed by atoms with van der Waals surface area (Å²) in [6.07, 6.45) is 1.42. The molecule has 8 aromatic rings. The number of benzene rings is 6. The van der Waals surface area contributed by atoms with Crippen LogP contribution < -0.4 is 0 Å². The van der Waals surface area contributed by atoms with E-state index in [-0.39, 0.29) is 48.8 Å². The molecular formula is C57H58N3OPt-. The number of imidazole rings is 1. The molecule has 1 N–H and O–H groups in total. The monoisotopic (exact) mass is 1010 g/mol. The fraction of sp³-hybridized carbons (Fsp3) is 0.263. The third kappa shape index (κ3) is 8.47. The average molecular weight is 1010 g/mol. The first-order valence-corrected chi connectivity index (χ1v) is 20.4. The molecule has 0 saturated heterocycles. The molecule has 62 heavy (non-hydrogen) atoms. The summed E-state index contributed by atoms with van der Waals surface area (Å²) in [5, 5.41) is 11.5. The van der Waals surface area contributed by atoms with Crippen molar-refractivity contribution in [2.75, 3.05) is 0 Å². The standard InChI is InChI=1S/C57H58N3O.Pt/c1-54(2,3)42-26-24-37(25-27-42)39-30-31-58-48(35-39)41-32-40(33-44(34-41)55(4,5)6)45-21-17-22-50-52(45)59-53(46-20-15-16-23-51(46)61)60(50)49-29-28-43(57(10,11)56(7,8)9)36-47(49)38-18-13-12-14-19-38;/h12-31,33-36,61H,1-11H3;/q-1;/i1D3,2D3,3D3,24D,25D,26D,27D;. The second-order valence-corrected chi connectivity index (χ2v) is 18.3. The summed E-state index contributed by atoms with van der Waals surface area (Å²) in [6, 6.07) is 36.4. The maximum absolute atomic E-state index is 11.5. The molecule has 0 spiro atoms. The van der Waals surface area contributed by atoms with Crippen LogP contribution in [0.2, 0.25) is 0 Å². The number of phenols is 1. The van der Waals surface area contributed by atoms with Gasteiger partial charge in [-0.1, -0.05) is 178 Å². The van der Waals surface area contributed by atoms with E-state index in [9.17, 15) is 5.11 Å². The Bertz CT molecular complexity index is 3410. The maximum Gasteiger partial charge on any atom is 0.148 e. The predicted molar refractivity (Wildman–Crippen MR) is 256 cm³/mol. The van der Waals surface area contributed by atoms with Crippen molar-refractivity contribution in [2.24, 2.45) is 5.41 Å². The summed E-state index contributed by atoms with van der Waals surface area (Å²) in [7, 11) is 0. The summed E-state index contributed by atoms with van der Waals surface area (Å²) in [5.74, 6) is 0.557. The third-order valence-corrected chi connectivity index (χ3v) is 12.1. The number of aromatic nitrogens is 3. The van der Waals surface area contributed by atoms with Crippen molar-refractivity contribution in [3.63, 3.8) is 0 Å². The van der Waals surface area contributed by atoms with Crippen molar-refractivity contribution in [3.05, 3.63) is 168 Å². The molecule has 0 saturated carbocycles. The minimum Gasteiger partial charge on any atom is -0.507 e. The largest absolute Gasteiger partial charge is 0.507 e. The molecule has 0 amide bonds. The number of pyridine rings is 1. The van der Waals surface area contributed by atoms with Gasteiger partial charge < -0.3 is 5.11 Å². The third-order valence-electron chi connectivity index (χ3n) is 12.1. The SMILES string of the molecule is [2H]c1c([2H])c(C(C([2H])([2H])[2H])(C([2H])([2H])[2H])C([2H])([2H])[2H])c([2H])c([2H])c1-c1ccnc(-c2[c-]c(-c3cccc4c3nc(-c3ccccc3O)n4-c3ccc(C(C)(C)C(C)(C)C)cc3-c3ccccc3)cc(C(C)(C)C)c2)c1.[Pt]. The molecule has 0 aliphatic rings. The van der Waals surface area contributed by atoms with E-state index in [1.54, 1.807) is 12.1 Å². The smallest absolute Gasteiger partial charge is 0.148 e. The predicted octanol–water partition coefficient (Wildman–Crippen LogP) is 15.2. The van der Waals surface area contributed by atoms with E-state index in [4.69, 9.17) is 22.8 Å². The van der Waals surface area contributed by atoms with Gasteiger partial charge >= 0.3 is 0 Å². The number of rotatable bonds is 7. The molecule has 6 aromatic carbocycles. The Labute approximate surface area is 401 Å². The second kappa shape index (κ2) is 16.6. The number of nitrogens with zero attached hydrogens (tertiary/aromatic N) is 3. The van der Waals surface area contributed by atoms with Crippen LogP contribution in [0.4, 0.5) is 0 Å². The second-order valence-electron chi connectivity index (χ2n) is 18.3. The van der Waals surface area contributed by atoms with E-state index < -0.39 is 61.1 Å². The van der Waals surface area contributed by atoms with Crippen molar-refractivity contribution in [2.45, 2.75) is 92.2 Å². The fourth-order valence-electron chi connectivity index (χ4n) is 7.47. The normalized spacial score (nSPS) is 16.0. The van der Waals surface area contributed by atoms with Crippen LogP contribution >= 0.6 is 0 Å². The van der Waals surface area contributed by atoms with Gasteiger partial charge in [0.15, 0.2) is 0 Å². The molecule has 4 nitrogen and oxygen atoms in total. The molecule has 0 atom stereocenters. The molecule has 0 aliphatic carbocycles. The Balaban J connectivity index is 0.00000820. The Morgan fingerprint density at radius 3 is 1.95 bits per heavy atom. The maximum atomic E-state index is 11.5. The number of para-hydroxylation sites is 2. The number of phenolic OH excluding ortho intramolecular Hbond substituents is 1. The van der Waals surface area contributed by atoms with Crippen LogP contribution in [0.25, 0.3) is 72.7 Å². The molecule has 0 fully saturated rings. The molecule has 2 heterocycles. The van der Waals surface area contributed by atoms with Crippen molar-refractivity contribution in [3.8, 4) is 67.5 Å². The van der Waals surface area contributed by atoms with Crippen molar-refractivity contribution in [1.82, 2.24) is 14.5 Å². The van der Waals surface area contributed by atoms with Crippen molar-refractivity contribution in [1.29, 1.82) is 0 Å². The van der Waals surface area contributed by atoms with Crippen LogP contribution in [-0.2, 0) is 37.3 Å². The van der Waals surface area contributed by atoms with Crippen molar-refractivity contribution >= 4 is 11.0 Å². The average Bonchev–Trinajstić information content (AvgIpc) is 3.70. The summed E-state index contributed by atoms with van der Waals surface area (Å²) < 4.78 is 112. The van der Waals surface area contributed by atoms with Gasteiger partial charge in [-0.2, -0.15) is 0 Å². The number of fused-ring (bicyclic) bond motifs is 1. The van der Waals surface area contributed by atoms with Gasteiger partial charge in [0.2, 0.25) is 0 Å². The van der Waals surface area contributed by atoms with E-state index in [0.29, 0.717) is 39.3 Å². The molecule has 8 rings (SSSR count). The Morgan fingerprint density at radius 1 is 0.597 bits per heavy atom. The zero-order valence-corrected chi connectivity index (χ0v) is 38.4. The zero-order chi connectivity index (χ0) is 54.5. The summed E-state index contributed by atoms with van der Waals surface area (Å²) in [4.78, 5) is 10.1. The Hall–Kier alpha value is -5.57. The van der Waals surface area contributed by atoms with Crippen LogP contribution in [-0.4, -0.2) is 19.6 Å². The Kier molecular flexibility index (Phi) is 8.16. The van der Waals surface area contributed by atoms with Gasteiger partial charge in [-0.25, -0.2) is 4.98 Å². The topological polar surface area (TPSA) is 50.9 Å². The molecule has 318 valence electrons. The van der Waals surface area contributed by atoms with E-state index in [1.807, 2.05) is 60.7 Å². The molecule has 5 heteroatoms. The quantitative estimate of drug-likeness (QED) is 0.162. The molecule has 0 bridgehead atoms. The Morgan fingerprint density at radius 2 is 1.27 bits per heavy atom. The first-order chi connectivity index (χ1) is 34.2. The van der Waals surface area contributed by atoms with Gasteiger partial charge in [0.05, 0.1) is 27.8 Å². The van der Waals surface area contributed by atoms with Crippen LogP contribution in [0.15, 0.2) is 146 Å². The number of hydrogen-bond donors (Lipinski definition) is 1. The van der Waals surface area contributed by atoms with Gasteiger partial charge in [0, 0.05) is 50.9 Å². The summed E-state index contributed by atoms with van der Waals surface area (Å²) >= 11 is 0. The molecule has 2 aromatic heterocycles. The fourth-order valence-corrected chi connectivity index (χ4v) is 7.47. The van der Waals surface area contributed by atoms with Crippen molar-refractivity contribution < 1.29 is 44.0 Å². The van der Waals surface area contributed by atoms with E-state index in [0.717, 1.165) is 33.5 Å². The van der Waals surface area contributed by atoms with Gasteiger partial charge in [-0.15, -0.1) is 29.3 Å². The van der Waals surface area contributed by atoms with Gasteiger partial charge in [-0.3, -0.25) is 9.55 Å². The van der Waals surface area contributed by atoms with Gasteiger partial charge in [0.1, 0.15) is 11.6 Å². The van der Waals surface area contributed by atoms with E-state index in [1.165, 1.54) is 18.3 Å². The summed E-state index contributed by atoms with van der Waals surface area (Å²) in [5.41, 5.74) is 3.01. The molecule has 0 radical (unpaired) electrons. The first kappa shape index (κ1) is 30.5. The zero-order valence-electron chi connectivity index (χ0n) is 49.2. The van der Waals surface area contributed by atoms with E-state index >= 15 is 0 Å².